The maximum atomic E-state index is 14.3. The highest BCUT2D eigenvalue weighted by Crippen LogP contribution is 2.31. The van der Waals surface area contributed by atoms with Gasteiger partial charge < -0.3 is 21.7 Å². The summed E-state index contributed by atoms with van der Waals surface area (Å²) in [4.78, 5) is 23.9. The molecule has 1 aliphatic rings. The van der Waals surface area contributed by atoms with E-state index in [9.17, 15) is 13.6 Å². The standard InChI is InChI=1S/C26H24F2N6O/c27-18-4-1-5-19(28)24(18)16-7-6-15-11-20(30)25(32-21(15)12-16)26(35)33-22-13-31-9-8-23(22)34-10-2-3-17(29)14-34/h1,4-9,11-13,17H,2-3,10,14,29-30H2,(H,33,35). The molecule has 0 spiro atoms. The fourth-order valence-electron chi connectivity index (χ4n) is 4.46. The SMILES string of the molecule is Nc1cc2ccc(-c3c(F)cccc3F)cc2nc1C(=O)Nc1cnccc1N1CCCC(N)C1. The third-order valence-electron chi connectivity index (χ3n) is 6.16. The summed E-state index contributed by atoms with van der Waals surface area (Å²) in [6, 6.07) is 12.0. The number of benzene rings is 2. The molecule has 35 heavy (non-hydrogen) atoms. The Morgan fingerprint density at radius 3 is 2.69 bits per heavy atom. The lowest BCUT2D eigenvalue weighted by atomic mass is 10.0. The van der Waals surface area contributed by atoms with Gasteiger partial charge in [-0.25, -0.2) is 13.8 Å². The molecule has 0 saturated carbocycles. The molecule has 0 radical (unpaired) electrons. The number of amides is 1. The number of nitrogen functional groups attached to an aromatic ring is 1. The number of rotatable bonds is 4. The van der Waals surface area contributed by atoms with Crippen molar-refractivity contribution < 1.29 is 13.6 Å². The van der Waals surface area contributed by atoms with Gasteiger partial charge in [0.2, 0.25) is 0 Å². The number of nitrogens with one attached hydrogen (secondary N) is 1. The lowest BCUT2D eigenvalue weighted by Crippen LogP contribution is -2.43. The lowest BCUT2D eigenvalue weighted by Gasteiger charge is -2.33. The Balaban J connectivity index is 1.48. The number of carbonyl (C=O) groups excluding carboxylic acids is 1. The molecule has 0 bridgehead atoms. The predicted octanol–water partition coefficient (Wildman–Crippen LogP) is 4.34. The van der Waals surface area contributed by atoms with E-state index in [2.05, 4.69) is 20.2 Å². The van der Waals surface area contributed by atoms with Gasteiger partial charge in [0.25, 0.3) is 5.91 Å². The number of hydrogen-bond acceptors (Lipinski definition) is 6. The summed E-state index contributed by atoms with van der Waals surface area (Å²) in [5.41, 5.74) is 14.4. The minimum absolute atomic E-state index is 0.00815. The minimum Gasteiger partial charge on any atom is -0.397 e. The first kappa shape index (κ1) is 22.7. The maximum Gasteiger partial charge on any atom is 0.276 e. The number of piperidine rings is 1. The average molecular weight is 475 g/mol. The van der Waals surface area contributed by atoms with Crippen molar-refractivity contribution in [3.05, 3.63) is 78.3 Å². The topological polar surface area (TPSA) is 110 Å². The Morgan fingerprint density at radius 2 is 1.91 bits per heavy atom. The van der Waals surface area contributed by atoms with Crippen molar-refractivity contribution in [2.24, 2.45) is 5.73 Å². The first-order valence-corrected chi connectivity index (χ1v) is 11.3. The molecule has 1 atom stereocenters. The van der Waals surface area contributed by atoms with Crippen molar-refractivity contribution in [2.45, 2.75) is 18.9 Å². The van der Waals surface area contributed by atoms with E-state index in [0.717, 1.165) is 25.1 Å². The van der Waals surface area contributed by atoms with E-state index < -0.39 is 17.5 Å². The van der Waals surface area contributed by atoms with E-state index >= 15 is 0 Å². The molecule has 4 aromatic rings. The highest BCUT2D eigenvalue weighted by Gasteiger charge is 2.22. The molecule has 5 N–H and O–H groups in total. The second-order valence-corrected chi connectivity index (χ2v) is 8.63. The van der Waals surface area contributed by atoms with Crippen molar-refractivity contribution >= 4 is 33.9 Å². The van der Waals surface area contributed by atoms with Crippen molar-refractivity contribution in [3.63, 3.8) is 0 Å². The van der Waals surface area contributed by atoms with Gasteiger partial charge in [-0.15, -0.1) is 0 Å². The van der Waals surface area contributed by atoms with Crippen LogP contribution in [0.5, 0.6) is 0 Å². The molecular formula is C26H24F2N6O. The van der Waals surface area contributed by atoms with Crippen LogP contribution in [-0.4, -0.2) is 35.0 Å². The Kier molecular flexibility index (Phi) is 6.00. The molecule has 178 valence electrons. The summed E-state index contributed by atoms with van der Waals surface area (Å²) in [5.74, 6) is -1.87. The molecule has 9 heteroatoms. The number of carbonyl (C=O) groups is 1. The summed E-state index contributed by atoms with van der Waals surface area (Å²) >= 11 is 0. The van der Waals surface area contributed by atoms with Crippen LogP contribution >= 0.6 is 0 Å². The number of pyridine rings is 2. The predicted molar refractivity (Wildman–Crippen MR) is 133 cm³/mol. The van der Waals surface area contributed by atoms with E-state index in [-0.39, 0.29) is 23.0 Å². The zero-order valence-corrected chi connectivity index (χ0v) is 18.8. The van der Waals surface area contributed by atoms with Crippen LogP contribution in [0, 0.1) is 11.6 Å². The summed E-state index contributed by atoms with van der Waals surface area (Å²) in [5, 5.41) is 3.51. The number of halogens is 2. The molecule has 1 fully saturated rings. The molecule has 1 amide bonds. The number of fused-ring (bicyclic) bond motifs is 1. The molecule has 5 rings (SSSR count). The largest absolute Gasteiger partial charge is 0.397 e. The molecule has 0 aliphatic carbocycles. The summed E-state index contributed by atoms with van der Waals surface area (Å²) in [6.07, 6.45) is 5.15. The fraction of sp³-hybridized carbons (Fsp3) is 0.192. The monoisotopic (exact) mass is 474 g/mol. The van der Waals surface area contributed by atoms with Gasteiger partial charge in [0.05, 0.1) is 34.3 Å². The molecule has 1 unspecified atom stereocenters. The highest BCUT2D eigenvalue weighted by molar-refractivity contribution is 6.09. The van der Waals surface area contributed by atoms with E-state index in [1.54, 1.807) is 30.6 Å². The Labute approximate surface area is 200 Å². The van der Waals surface area contributed by atoms with Gasteiger partial charge in [-0.1, -0.05) is 18.2 Å². The van der Waals surface area contributed by atoms with Crippen LogP contribution in [-0.2, 0) is 0 Å². The van der Waals surface area contributed by atoms with Gasteiger partial charge in [0, 0.05) is 30.7 Å². The second kappa shape index (κ2) is 9.27. The normalized spacial score (nSPS) is 15.9. The van der Waals surface area contributed by atoms with Crippen LogP contribution in [0.4, 0.5) is 25.8 Å². The van der Waals surface area contributed by atoms with Crippen LogP contribution in [0.15, 0.2) is 60.9 Å². The minimum atomic E-state index is -0.681. The number of aromatic nitrogens is 2. The van der Waals surface area contributed by atoms with E-state index in [4.69, 9.17) is 11.5 Å². The van der Waals surface area contributed by atoms with Crippen LogP contribution in [0.2, 0.25) is 0 Å². The quantitative estimate of drug-likeness (QED) is 0.406. The van der Waals surface area contributed by atoms with Crippen molar-refractivity contribution in [1.82, 2.24) is 9.97 Å². The number of nitrogens with zero attached hydrogens (tertiary/aromatic N) is 3. The van der Waals surface area contributed by atoms with Crippen molar-refractivity contribution in [1.29, 1.82) is 0 Å². The van der Waals surface area contributed by atoms with Crippen molar-refractivity contribution in [3.8, 4) is 11.1 Å². The zero-order chi connectivity index (χ0) is 24.5. The zero-order valence-electron chi connectivity index (χ0n) is 18.8. The van der Waals surface area contributed by atoms with E-state index in [1.165, 1.54) is 24.3 Å². The molecule has 2 aromatic carbocycles. The second-order valence-electron chi connectivity index (χ2n) is 8.63. The molecular weight excluding hydrogens is 450 g/mol. The Hall–Kier alpha value is -4.11. The highest BCUT2D eigenvalue weighted by atomic mass is 19.1. The molecule has 3 heterocycles. The first-order chi connectivity index (χ1) is 16.9. The summed E-state index contributed by atoms with van der Waals surface area (Å²) in [7, 11) is 0. The molecule has 7 nitrogen and oxygen atoms in total. The number of nitrogens with two attached hydrogens (primary N) is 2. The smallest absolute Gasteiger partial charge is 0.276 e. The summed E-state index contributed by atoms with van der Waals surface area (Å²) in [6.45, 7) is 1.50. The van der Waals surface area contributed by atoms with Gasteiger partial charge in [-0.3, -0.25) is 9.78 Å². The molecule has 1 saturated heterocycles. The van der Waals surface area contributed by atoms with Gasteiger partial charge in [-0.05, 0) is 48.7 Å². The van der Waals surface area contributed by atoms with Gasteiger partial charge in [0.15, 0.2) is 5.69 Å². The first-order valence-electron chi connectivity index (χ1n) is 11.3. The maximum absolute atomic E-state index is 14.3. The lowest BCUT2D eigenvalue weighted by molar-refractivity contribution is 0.102. The van der Waals surface area contributed by atoms with Gasteiger partial charge >= 0.3 is 0 Å². The number of anilines is 3. The average Bonchev–Trinajstić information content (AvgIpc) is 2.84. The third-order valence-corrected chi connectivity index (χ3v) is 6.16. The van der Waals surface area contributed by atoms with Gasteiger partial charge in [-0.2, -0.15) is 0 Å². The third kappa shape index (κ3) is 4.50. The van der Waals surface area contributed by atoms with Crippen molar-refractivity contribution in [2.75, 3.05) is 29.0 Å². The summed E-state index contributed by atoms with van der Waals surface area (Å²) < 4.78 is 28.6. The Morgan fingerprint density at radius 1 is 1.11 bits per heavy atom. The van der Waals surface area contributed by atoms with Crippen LogP contribution < -0.4 is 21.7 Å². The molecule has 2 aromatic heterocycles. The van der Waals surface area contributed by atoms with E-state index in [1.807, 2.05) is 6.07 Å². The fourth-order valence-corrected chi connectivity index (χ4v) is 4.46. The van der Waals surface area contributed by atoms with E-state index in [0.29, 0.717) is 28.7 Å². The van der Waals surface area contributed by atoms with Crippen LogP contribution in [0.25, 0.3) is 22.0 Å². The Bertz CT molecular complexity index is 1410. The van der Waals surface area contributed by atoms with Crippen LogP contribution in [0.1, 0.15) is 23.3 Å². The van der Waals surface area contributed by atoms with Crippen LogP contribution in [0.3, 0.4) is 0 Å². The molecule has 1 aliphatic heterocycles. The van der Waals surface area contributed by atoms with Gasteiger partial charge in [0.1, 0.15) is 11.6 Å². The number of hydrogen-bond donors (Lipinski definition) is 3.